The number of nitrogens with one attached hydrogen (secondary N) is 1. The van der Waals surface area contributed by atoms with E-state index in [9.17, 15) is 9.59 Å². The van der Waals surface area contributed by atoms with Crippen molar-refractivity contribution in [3.05, 3.63) is 47.5 Å². The molecule has 1 fully saturated rings. The second-order valence-electron chi connectivity index (χ2n) is 3.95. The molecule has 1 aromatic rings. The van der Waals surface area contributed by atoms with Gasteiger partial charge >= 0.3 is 0 Å². The molecule has 0 spiro atoms. The fourth-order valence-corrected chi connectivity index (χ4v) is 2.27. The van der Waals surface area contributed by atoms with E-state index in [4.69, 9.17) is 11.6 Å². The van der Waals surface area contributed by atoms with Crippen LogP contribution in [0.5, 0.6) is 0 Å². The highest BCUT2D eigenvalue weighted by atomic mass is 35.5. The van der Waals surface area contributed by atoms with Gasteiger partial charge in [0.25, 0.3) is 0 Å². The lowest BCUT2D eigenvalue weighted by atomic mass is 10.0. The molecule has 0 radical (unpaired) electrons. The first-order valence-electron chi connectivity index (χ1n) is 5.60. The molecule has 4 nitrogen and oxygen atoms in total. The van der Waals surface area contributed by atoms with Gasteiger partial charge < -0.3 is 10.2 Å². The van der Waals surface area contributed by atoms with E-state index in [0.717, 1.165) is 0 Å². The summed E-state index contributed by atoms with van der Waals surface area (Å²) in [4.78, 5) is 25.3. The zero-order valence-electron chi connectivity index (χ0n) is 9.73. The number of halogens is 1. The summed E-state index contributed by atoms with van der Waals surface area (Å²) in [6.45, 7) is 4.35. The molecule has 5 heteroatoms. The van der Waals surface area contributed by atoms with Crippen molar-refractivity contribution in [2.75, 3.05) is 13.1 Å². The maximum absolute atomic E-state index is 12.0. The summed E-state index contributed by atoms with van der Waals surface area (Å²) < 4.78 is 0. The first-order chi connectivity index (χ1) is 8.65. The van der Waals surface area contributed by atoms with Crippen LogP contribution in [0.4, 0.5) is 0 Å². The predicted molar refractivity (Wildman–Crippen MR) is 69.1 cm³/mol. The third kappa shape index (κ3) is 2.24. The molecule has 2 rings (SSSR count). The first kappa shape index (κ1) is 12.6. The number of hydrogen-bond acceptors (Lipinski definition) is 2. The van der Waals surface area contributed by atoms with Crippen molar-refractivity contribution in [2.45, 2.75) is 6.04 Å². The van der Waals surface area contributed by atoms with Crippen LogP contribution in [0.3, 0.4) is 0 Å². The summed E-state index contributed by atoms with van der Waals surface area (Å²) in [7, 11) is 0. The molecule has 0 saturated carbocycles. The Morgan fingerprint density at radius 3 is 2.89 bits per heavy atom. The summed E-state index contributed by atoms with van der Waals surface area (Å²) in [6, 6.07) is 6.35. The molecule has 1 aromatic carbocycles. The van der Waals surface area contributed by atoms with E-state index >= 15 is 0 Å². The van der Waals surface area contributed by atoms with Gasteiger partial charge in [-0.15, -0.1) is 0 Å². The van der Waals surface area contributed by atoms with E-state index in [1.807, 2.05) is 0 Å². The van der Waals surface area contributed by atoms with E-state index in [-0.39, 0.29) is 11.8 Å². The molecule has 1 N–H and O–H groups in total. The number of nitrogens with zero attached hydrogens (tertiary/aromatic N) is 1. The van der Waals surface area contributed by atoms with Gasteiger partial charge in [-0.05, 0) is 12.1 Å². The van der Waals surface area contributed by atoms with Crippen molar-refractivity contribution in [3.8, 4) is 0 Å². The highest BCUT2D eigenvalue weighted by Crippen LogP contribution is 2.29. The lowest BCUT2D eigenvalue weighted by Crippen LogP contribution is -2.51. The number of carbonyl (C=O) groups is 2. The Morgan fingerprint density at radius 2 is 2.22 bits per heavy atom. The topological polar surface area (TPSA) is 49.4 Å². The minimum absolute atomic E-state index is 0.218. The van der Waals surface area contributed by atoms with Gasteiger partial charge in [0.2, 0.25) is 11.8 Å². The number of carbonyl (C=O) groups excluding carboxylic acids is 2. The second kappa shape index (κ2) is 5.23. The molecule has 1 unspecified atom stereocenters. The fraction of sp³-hybridized carbons (Fsp3) is 0.231. The van der Waals surface area contributed by atoms with Gasteiger partial charge in [-0.1, -0.05) is 36.4 Å². The lowest BCUT2D eigenvalue weighted by Gasteiger charge is -2.34. The van der Waals surface area contributed by atoms with Crippen LogP contribution in [0.1, 0.15) is 11.6 Å². The average molecular weight is 265 g/mol. The van der Waals surface area contributed by atoms with E-state index in [1.165, 1.54) is 11.0 Å². The van der Waals surface area contributed by atoms with Crippen LogP contribution in [0.25, 0.3) is 0 Å². The Labute approximate surface area is 110 Å². The Kier molecular flexibility index (Phi) is 3.67. The minimum atomic E-state index is -0.682. The van der Waals surface area contributed by atoms with Crippen LogP contribution in [0.15, 0.2) is 36.9 Å². The molecule has 1 heterocycles. The first-order valence-corrected chi connectivity index (χ1v) is 5.98. The molecular weight excluding hydrogens is 252 g/mol. The molecular formula is C13H13ClN2O2. The quantitative estimate of drug-likeness (QED) is 0.824. The summed E-state index contributed by atoms with van der Waals surface area (Å²) >= 11 is 6.09. The zero-order chi connectivity index (χ0) is 13.1. The minimum Gasteiger partial charge on any atom is -0.352 e. The summed E-state index contributed by atoms with van der Waals surface area (Å²) in [6.07, 6.45) is 1.21. The van der Waals surface area contributed by atoms with Crippen molar-refractivity contribution in [3.63, 3.8) is 0 Å². The molecule has 0 aromatic heterocycles. The van der Waals surface area contributed by atoms with E-state index in [0.29, 0.717) is 23.7 Å². The normalized spacial score (nSPS) is 19.3. The van der Waals surface area contributed by atoms with Crippen LogP contribution in [0, 0.1) is 0 Å². The van der Waals surface area contributed by atoms with Gasteiger partial charge in [0.15, 0.2) is 0 Å². The third-order valence-electron chi connectivity index (χ3n) is 2.87. The van der Waals surface area contributed by atoms with Crippen LogP contribution < -0.4 is 5.32 Å². The Bertz CT molecular complexity index is 502. The maximum atomic E-state index is 12.0. The second-order valence-corrected chi connectivity index (χ2v) is 4.36. The monoisotopic (exact) mass is 264 g/mol. The Balaban J connectivity index is 2.42. The molecule has 1 aliphatic rings. The molecule has 94 valence electrons. The van der Waals surface area contributed by atoms with Crippen LogP contribution in [0.2, 0.25) is 5.02 Å². The molecule has 0 aliphatic carbocycles. The van der Waals surface area contributed by atoms with Crippen LogP contribution >= 0.6 is 11.6 Å². The van der Waals surface area contributed by atoms with Gasteiger partial charge in [-0.2, -0.15) is 0 Å². The van der Waals surface area contributed by atoms with Gasteiger partial charge in [0.05, 0.1) is 0 Å². The molecule has 0 bridgehead atoms. The van der Waals surface area contributed by atoms with Gasteiger partial charge in [0, 0.05) is 23.7 Å². The summed E-state index contributed by atoms with van der Waals surface area (Å²) in [5.74, 6) is -0.487. The lowest BCUT2D eigenvalue weighted by molar-refractivity contribution is -0.140. The number of amides is 2. The van der Waals surface area contributed by atoms with E-state index in [1.54, 1.807) is 24.3 Å². The maximum Gasteiger partial charge on any atom is 0.247 e. The molecule has 2 amide bonds. The molecule has 1 atom stereocenters. The van der Waals surface area contributed by atoms with Gasteiger partial charge in [-0.25, -0.2) is 0 Å². The van der Waals surface area contributed by atoms with Crippen molar-refractivity contribution in [1.29, 1.82) is 0 Å². The van der Waals surface area contributed by atoms with Crippen molar-refractivity contribution in [2.24, 2.45) is 0 Å². The standard InChI is InChI=1S/C13H13ClN2O2/c1-2-11(17)16-8-7-15-13(18)12(16)9-5-3-4-6-10(9)14/h2-6,12H,1,7-8H2,(H,15,18). The van der Waals surface area contributed by atoms with E-state index < -0.39 is 6.04 Å². The number of rotatable bonds is 2. The third-order valence-corrected chi connectivity index (χ3v) is 3.21. The molecule has 1 saturated heterocycles. The Morgan fingerprint density at radius 1 is 1.50 bits per heavy atom. The smallest absolute Gasteiger partial charge is 0.247 e. The number of benzene rings is 1. The fourth-order valence-electron chi connectivity index (χ4n) is 2.03. The Hall–Kier alpha value is -1.81. The number of hydrogen-bond donors (Lipinski definition) is 1. The highest BCUT2D eigenvalue weighted by Gasteiger charge is 2.34. The number of piperazine rings is 1. The van der Waals surface area contributed by atoms with Gasteiger partial charge in [0.1, 0.15) is 6.04 Å². The zero-order valence-corrected chi connectivity index (χ0v) is 10.5. The summed E-state index contributed by atoms with van der Waals surface area (Å²) in [5.41, 5.74) is 0.631. The van der Waals surface area contributed by atoms with Crippen molar-refractivity contribution >= 4 is 23.4 Å². The largest absolute Gasteiger partial charge is 0.352 e. The van der Waals surface area contributed by atoms with Crippen molar-refractivity contribution in [1.82, 2.24) is 10.2 Å². The van der Waals surface area contributed by atoms with Crippen molar-refractivity contribution < 1.29 is 9.59 Å². The van der Waals surface area contributed by atoms with Gasteiger partial charge in [-0.3, -0.25) is 9.59 Å². The van der Waals surface area contributed by atoms with E-state index in [2.05, 4.69) is 11.9 Å². The highest BCUT2D eigenvalue weighted by molar-refractivity contribution is 6.31. The summed E-state index contributed by atoms with van der Waals surface area (Å²) in [5, 5.41) is 3.21. The molecule has 18 heavy (non-hydrogen) atoms. The predicted octanol–water partition coefficient (Wildman–Crippen LogP) is 1.53. The SMILES string of the molecule is C=CC(=O)N1CCNC(=O)C1c1ccccc1Cl. The molecule has 1 aliphatic heterocycles. The van der Waals surface area contributed by atoms with Crippen LogP contribution in [-0.2, 0) is 9.59 Å². The average Bonchev–Trinajstić information content (AvgIpc) is 2.39. The van der Waals surface area contributed by atoms with Crippen LogP contribution in [-0.4, -0.2) is 29.8 Å².